The number of carbonyl (C=O) groups excluding carboxylic acids is 1. The summed E-state index contributed by atoms with van der Waals surface area (Å²) in [7, 11) is 0. The first kappa shape index (κ1) is 22.5. The number of benzene rings is 2. The van der Waals surface area contributed by atoms with Crippen molar-refractivity contribution in [2.75, 3.05) is 6.61 Å². The monoisotopic (exact) mass is 422 g/mol. The van der Waals surface area contributed by atoms with Crippen molar-refractivity contribution in [1.82, 2.24) is 5.01 Å². The van der Waals surface area contributed by atoms with Gasteiger partial charge in [0, 0.05) is 12.8 Å². The zero-order valence-electron chi connectivity index (χ0n) is 18.9. The van der Waals surface area contributed by atoms with Crippen LogP contribution in [-0.2, 0) is 4.79 Å². The van der Waals surface area contributed by atoms with Crippen molar-refractivity contribution in [3.8, 4) is 5.75 Å². The summed E-state index contributed by atoms with van der Waals surface area (Å²) in [4.78, 5) is 24.0. The molecule has 6 heteroatoms. The van der Waals surface area contributed by atoms with Crippen LogP contribution in [0, 0.1) is 20.8 Å². The Labute approximate surface area is 183 Å². The van der Waals surface area contributed by atoms with Crippen LogP contribution in [0.25, 0.3) is 0 Å². The average Bonchev–Trinajstić information content (AvgIpc) is 2.99. The summed E-state index contributed by atoms with van der Waals surface area (Å²) in [5, 5.41) is 15.4. The summed E-state index contributed by atoms with van der Waals surface area (Å²) < 4.78 is 5.70. The number of hydrogen-bond acceptors (Lipinski definition) is 4. The van der Waals surface area contributed by atoms with Crippen LogP contribution in [0.4, 0.5) is 0 Å². The number of carboxylic acids is 1. The largest absolute Gasteiger partial charge is 0.494 e. The predicted octanol–water partition coefficient (Wildman–Crippen LogP) is 4.88. The number of carboxylic acid groups (broad SMARTS) is 1. The van der Waals surface area contributed by atoms with Crippen molar-refractivity contribution < 1.29 is 19.4 Å². The minimum absolute atomic E-state index is 0.0228. The molecule has 164 valence electrons. The van der Waals surface area contributed by atoms with E-state index in [2.05, 4.69) is 37.1 Å². The van der Waals surface area contributed by atoms with Crippen molar-refractivity contribution in [3.63, 3.8) is 0 Å². The van der Waals surface area contributed by atoms with Gasteiger partial charge in [0.05, 0.1) is 23.4 Å². The molecule has 3 rings (SSSR count). The lowest BCUT2D eigenvalue weighted by atomic mass is 9.93. The highest BCUT2D eigenvalue weighted by Gasteiger charge is 2.38. The van der Waals surface area contributed by atoms with Crippen LogP contribution in [-0.4, -0.2) is 39.8 Å². The van der Waals surface area contributed by atoms with Crippen molar-refractivity contribution in [2.45, 2.75) is 59.4 Å². The zero-order valence-corrected chi connectivity index (χ0v) is 18.9. The van der Waals surface area contributed by atoms with Gasteiger partial charge in [-0.15, -0.1) is 0 Å². The molecule has 0 fully saturated rings. The maximum atomic E-state index is 12.9. The number of aromatic carboxylic acids is 1. The van der Waals surface area contributed by atoms with Crippen LogP contribution in [0.5, 0.6) is 5.75 Å². The maximum absolute atomic E-state index is 12.9. The molecule has 2 aromatic rings. The van der Waals surface area contributed by atoms with Gasteiger partial charge in [0.1, 0.15) is 5.75 Å². The van der Waals surface area contributed by atoms with Gasteiger partial charge in [0.2, 0.25) is 5.91 Å². The van der Waals surface area contributed by atoms with E-state index in [1.165, 1.54) is 17.2 Å². The SMILES string of the molecule is Cc1cc(C)cc(C2=NN(C(=O)CCCOc3ccc(C(=O)O)c(C)c3)C(C)(C)C2)c1. The van der Waals surface area contributed by atoms with E-state index in [4.69, 9.17) is 9.84 Å². The van der Waals surface area contributed by atoms with Crippen molar-refractivity contribution in [3.05, 3.63) is 64.2 Å². The number of ether oxygens (including phenoxy) is 1. The number of hydrogen-bond donors (Lipinski definition) is 1. The topological polar surface area (TPSA) is 79.2 Å². The highest BCUT2D eigenvalue weighted by atomic mass is 16.5. The first-order valence-corrected chi connectivity index (χ1v) is 10.5. The number of aryl methyl sites for hydroxylation is 3. The second kappa shape index (κ2) is 8.92. The molecule has 0 saturated heterocycles. The molecule has 0 aromatic heterocycles. The molecule has 1 amide bonds. The van der Waals surface area contributed by atoms with E-state index in [9.17, 15) is 9.59 Å². The second-order valence-corrected chi connectivity index (χ2v) is 8.85. The lowest BCUT2D eigenvalue weighted by Crippen LogP contribution is -2.40. The Balaban J connectivity index is 1.59. The van der Waals surface area contributed by atoms with Gasteiger partial charge in [0.25, 0.3) is 0 Å². The van der Waals surface area contributed by atoms with Crippen LogP contribution >= 0.6 is 0 Å². The minimum Gasteiger partial charge on any atom is -0.494 e. The fourth-order valence-corrected chi connectivity index (χ4v) is 3.96. The van der Waals surface area contributed by atoms with Gasteiger partial charge < -0.3 is 9.84 Å². The third-order valence-corrected chi connectivity index (χ3v) is 5.42. The summed E-state index contributed by atoms with van der Waals surface area (Å²) in [5.74, 6) is -0.374. The molecule has 0 radical (unpaired) electrons. The Morgan fingerprint density at radius 1 is 1.10 bits per heavy atom. The standard InChI is InChI=1S/C25H30N2O4/c1-16-11-17(2)13-19(12-16)22-15-25(4,5)27(26-22)23(28)7-6-10-31-20-8-9-21(24(29)30)18(3)14-20/h8-9,11-14H,6-7,10,15H2,1-5H3,(H,29,30). The molecule has 31 heavy (non-hydrogen) atoms. The number of hydrazone groups is 1. The molecule has 0 spiro atoms. The van der Waals surface area contributed by atoms with Gasteiger partial charge in [-0.2, -0.15) is 5.10 Å². The van der Waals surface area contributed by atoms with E-state index in [1.54, 1.807) is 24.1 Å². The van der Waals surface area contributed by atoms with Crippen LogP contribution in [0.2, 0.25) is 0 Å². The smallest absolute Gasteiger partial charge is 0.335 e. The summed E-state index contributed by atoms with van der Waals surface area (Å²) in [5.41, 5.74) is 4.92. The Kier molecular flexibility index (Phi) is 6.48. The Hall–Kier alpha value is -3.15. The van der Waals surface area contributed by atoms with Gasteiger partial charge in [-0.05, 0) is 70.4 Å². The fraction of sp³-hybridized carbons (Fsp3) is 0.400. The van der Waals surface area contributed by atoms with Gasteiger partial charge in [-0.3, -0.25) is 4.79 Å². The van der Waals surface area contributed by atoms with Crippen LogP contribution in [0.15, 0.2) is 41.5 Å². The highest BCUT2D eigenvalue weighted by molar-refractivity contribution is 6.03. The lowest BCUT2D eigenvalue weighted by molar-refractivity contribution is -0.135. The average molecular weight is 423 g/mol. The number of amides is 1. The van der Waals surface area contributed by atoms with Crippen molar-refractivity contribution in [2.24, 2.45) is 5.10 Å². The van der Waals surface area contributed by atoms with E-state index >= 15 is 0 Å². The normalized spacial score (nSPS) is 15.0. The summed E-state index contributed by atoms with van der Waals surface area (Å²) in [6, 6.07) is 11.2. The van der Waals surface area contributed by atoms with E-state index in [-0.39, 0.29) is 17.0 Å². The molecule has 1 aliphatic heterocycles. The molecule has 0 atom stereocenters. The molecule has 6 nitrogen and oxygen atoms in total. The molecule has 0 bridgehead atoms. The molecule has 1 heterocycles. The minimum atomic E-state index is -0.955. The zero-order chi connectivity index (χ0) is 22.8. The van der Waals surface area contributed by atoms with Crippen LogP contribution in [0.1, 0.15) is 65.7 Å². The van der Waals surface area contributed by atoms with Crippen LogP contribution in [0.3, 0.4) is 0 Å². The van der Waals surface area contributed by atoms with E-state index in [0.717, 1.165) is 11.3 Å². The maximum Gasteiger partial charge on any atom is 0.335 e. The fourth-order valence-electron chi connectivity index (χ4n) is 3.96. The third-order valence-electron chi connectivity index (χ3n) is 5.42. The predicted molar refractivity (Wildman–Crippen MR) is 121 cm³/mol. The molecule has 0 saturated carbocycles. The van der Waals surface area contributed by atoms with Crippen LogP contribution < -0.4 is 4.74 Å². The van der Waals surface area contributed by atoms with E-state index in [1.807, 2.05) is 13.8 Å². The van der Waals surface area contributed by atoms with Crippen molar-refractivity contribution in [1.29, 1.82) is 0 Å². The first-order chi connectivity index (χ1) is 14.6. The van der Waals surface area contributed by atoms with Crippen molar-refractivity contribution >= 4 is 17.6 Å². The van der Waals surface area contributed by atoms with E-state index in [0.29, 0.717) is 37.2 Å². The Morgan fingerprint density at radius 3 is 2.39 bits per heavy atom. The molecule has 0 aliphatic carbocycles. The summed E-state index contributed by atoms with van der Waals surface area (Å²) >= 11 is 0. The Bertz CT molecular complexity index is 1020. The number of carbonyl (C=O) groups is 2. The molecule has 2 aromatic carbocycles. The lowest BCUT2D eigenvalue weighted by Gasteiger charge is -2.28. The number of nitrogens with zero attached hydrogens (tertiary/aromatic N) is 2. The first-order valence-electron chi connectivity index (χ1n) is 10.5. The van der Waals surface area contributed by atoms with E-state index < -0.39 is 5.97 Å². The van der Waals surface area contributed by atoms with Gasteiger partial charge in [0.15, 0.2) is 0 Å². The molecular weight excluding hydrogens is 392 g/mol. The van der Waals surface area contributed by atoms with Gasteiger partial charge >= 0.3 is 5.97 Å². The van der Waals surface area contributed by atoms with Gasteiger partial charge in [-0.1, -0.05) is 29.3 Å². The summed E-state index contributed by atoms with van der Waals surface area (Å²) in [6.07, 6.45) is 1.60. The van der Waals surface area contributed by atoms with Gasteiger partial charge in [-0.25, -0.2) is 9.80 Å². The molecular formula is C25H30N2O4. The Morgan fingerprint density at radius 2 is 1.77 bits per heavy atom. The third kappa shape index (κ3) is 5.32. The molecule has 1 N–H and O–H groups in total. The molecule has 0 unspecified atom stereocenters. The second-order valence-electron chi connectivity index (χ2n) is 8.85. The quantitative estimate of drug-likeness (QED) is 0.645. The number of rotatable bonds is 7. The summed E-state index contributed by atoms with van der Waals surface area (Å²) in [6.45, 7) is 10.3. The molecule has 1 aliphatic rings. The highest BCUT2D eigenvalue weighted by Crippen LogP contribution is 2.31.